The predicted octanol–water partition coefficient (Wildman–Crippen LogP) is 4.18. The van der Waals surface area contributed by atoms with Crippen LogP contribution in [0.5, 0.6) is 0 Å². The SMILES string of the molecule is Cc1ccccc1C1CC(NCCOC2CCCCC2)C1. The van der Waals surface area contributed by atoms with Gasteiger partial charge in [0.25, 0.3) is 0 Å². The Balaban J connectivity index is 1.30. The number of nitrogens with one attached hydrogen (secondary N) is 1. The van der Waals surface area contributed by atoms with Gasteiger partial charge in [0.2, 0.25) is 0 Å². The highest BCUT2D eigenvalue weighted by Crippen LogP contribution is 2.38. The van der Waals surface area contributed by atoms with Gasteiger partial charge in [0.1, 0.15) is 0 Å². The van der Waals surface area contributed by atoms with Gasteiger partial charge >= 0.3 is 0 Å². The average Bonchev–Trinajstić information content (AvgIpc) is 2.47. The summed E-state index contributed by atoms with van der Waals surface area (Å²) in [4.78, 5) is 0. The highest BCUT2D eigenvalue weighted by molar-refractivity contribution is 5.31. The van der Waals surface area contributed by atoms with Crippen LogP contribution in [-0.4, -0.2) is 25.3 Å². The molecule has 0 aliphatic heterocycles. The van der Waals surface area contributed by atoms with Crippen molar-refractivity contribution in [3.63, 3.8) is 0 Å². The Labute approximate surface area is 129 Å². The molecule has 0 spiro atoms. The zero-order valence-electron chi connectivity index (χ0n) is 13.3. The highest BCUT2D eigenvalue weighted by Gasteiger charge is 2.30. The zero-order chi connectivity index (χ0) is 14.5. The van der Waals surface area contributed by atoms with Gasteiger partial charge in [-0.3, -0.25) is 0 Å². The fraction of sp³-hybridized carbons (Fsp3) is 0.684. The summed E-state index contributed by atoms with van der Waals surface area (Å²) in [7, 11) is 0. The molecule has 2 aliphatic rings. The molecular formula is C19H29NO. The highest BCUT2D eigenvalue weighted by atomic mass is 16.5. The van der Waals surface area contributed by atoms with E-state index in [-0.39, 0.29) is 0 Å². The molecule has 0 atom stereocenters. The molecule has 21 heavy (non-hydrogen) atoms. The topological polar surface area (TPSA) is 21.3 Å². The summed E-state index contributed by atoms with van der Waals surface area (Å²) in [6.45, 7) is 4.13. The number of hydrogen-bond acceptors (Lipinski definition) is 2. The number of hydrogen-bond donors (Lipinski definition) is 1. The van der Waals surface area contributed by atoms with Crippen molar-refractivity contribution in [2.45, 2.75) is 69.9 Å². The third kappa shape index (κ3) is 4.08. The Morgan fingerprint density at radius 1 is 1.10 bits per heavy atom. The third-order valence-corrected chi connectivity index (χ3v) is 5.21. The average molecular weight is 287 g/mol. The molecule has 0 radical (unpaired) electrons. The van der Waals surface area contributed by atoms with E-state index in [1.807, 2.05) is 0 Å². The van der Waals surface area contributed by atoms with Crippen LogP contribution < -0.4 is 5.32 Å². The molecule has 2 saturated carbocycles. The van der Waals surface area contributed by atoms with Crippen LogP contribution in [0, 0.1) is 6.92 Å². The van der Waals surface area contributed by atoms with Crippen molar-refractivity contribution in [1.29, 1.82) is 0 Å². The molecule has 2 nitrogen and oxygen atoms in total. The van der Waals surface area contributed by atoms with Crippen molar-refractivity contribution in [2.24, 2.45) is 0 Å². The van der Waals surface area contributed by atoms with Crippen LogP contribution in [-0.2, 0) is 4.74 Å². The molecule has 0 unspecified atom stereocenters. The minimum atomic E-state index is 0.543. The lowest BCUT2D eigenvalue weighted by molar-refractivity contribution is 0.0280. The molecule has 2 heteroatoms. The predicted molar refractivity (Wildman–Crippen MR) is 87.8 cm³/mol. The van der Waals surface area contributed by atoms with Crippen LogP contribution in [0.25, 0.3) is 0 Å². The van der Waals surface area contributed by atoms with Crippen molar-refractivity contribution < 1.29 is 4.74 Å². The van der Waals surface area contributed by atoms with Gasteiger partial charge in [-0.05, 0) is 49.7 Å². The quantitative estimate of drug-likeness (QED) is 0.793. The van der Waals surface area contributed by atoms with E-state index in [1.54, 1.807) is 5.56 Å². The first kappa shape index (κ1) is 15.1. The van der Waals surface area contributed by atoms with Gasteiger partial charge in [-0.25, -0.2) is 0 Å². The lowest BCUT2D eigenvalue weighted by Gasteiger charge is -2.37. The monoisotopic (exact) mass is 287 g/mol. The van der Waals surface area contributed by atoms with Gasteiger partial charge in [-0.15, -0.1) is 0 Å². The lowest BCUT2D eigenvalue weighted by Crippen LogP contribution is -2.42. The Morgan fingerprint density at radius 3 is 2.62 bits per heavy atom. The summed E-state index contributed by atoms with van der Waals surface area (Å²) in [6, 6.07) is 9.53. The van der Waals surface area contributed by atoms with E-state index in [4.69, 9.17) is 4.74 Å². The number of rotatable bonds is 6. The Bertz CT molecular complexity index is 433. The maximum Gasteiger partial charge on any atom is 0.0594 e. The second-order valence-corrected chi connectivity index (χ2v) is 6.81. The Morgan fingerprint density at radius 2 is 1.86 bits per heavy atom. The van der Waals surface area contributed by atoms with Crippen molar-refractivity contribution in [3.05, 3.63) is 35.4 Å². The summed E-state index contributed by atoms with van der Waals surface area (Å²) in [6.07, 6.45) is 9.79. The third-order valence-electron chi connectivity index (χ3n) is 5.21. The van der Waals surface area contributed by atoms with Gasteiger partial charge in [-0.2, -0.15) is 0 Å². The van der Waals surface area contributed by atoms with E-state index < -0.39 is 0 Å². The van der Waals surface area contributed by atoms with Crippen molar-refractivity contribution >= 4 is 0 Å². The molecule has 0 bridgehead atoms. The van der Waals surface area contributed by atoms with E-state index in [0.29, 0.717) is 12.1 Å². The van der Waals surface area contributed by atoms with Gasteiger partial charge in [-0.1, -0.05) is 43.5 Å². The maximum atomic E-state index is 5.97. The van der Waals surface area contributed by atoms with Crippen molar-refractivity contribution in [1.82, 2.24) is 5.32 Å². The molecule has 116 valence electrons. The summed E-state index contributed by atoms with van der Waals surface area (Å²) < 4.78 is 5.97. The Hall–Kier alpha value is -0.860. The zero-order valence-corrected chi connectivity index (χ0v) is 13.3. The molecule has 0 aromatic heterocycles. The largest absolute Gasteiger partial charge is 0.377 e. The lowest BCUT2D eigenvalue weighted by atomic mass is 9.74. The minimum Gasteiger partial charge on any atom is -0.377 e. The van der Waals surface area contributed by atoms with E-state index >= 15 is 0 Å². The molecule has 2 aliphatic carbocycles. The van der Waals surface area contributed by atoms with Crippen molar-refractivity contribution in [3.8, 4) is 0 Å². The molecule has 1 aromatic carbocycles. The Kier molecular flexibility index (Phi) is 5.32. The molecule has 1 N–H and O–H groups in total. The number of ether oxygens (including phenoxy) is 1. The fourth-order valence-corrected chi connectivity index (χ4v) is 3.80. The first-order valence-electron chi connectivity index (χ1n) is 8.73. The number of benzene rings is 1. The second-order valence-electron chi connectivity index (χ2n) is 6.81. The molecular weight excluding hydrogens is 258 g/mol. The van der Waals surface area contributed by atoms with Crippen LogP contribution in [0.4, 0.5) is 0 Å². The molecule has 1 aromatic rings. The smallest absolute Gasteiger partial charge is 0.0594 e. The molecule has 0 amide bonds. The van der Waals surface area contributed by atoms with E-state index in [9.17, 15) is 0 Å². The summed E-state index contributed by atoms with van der Waals surface area (Å²) in [5, 5.41) is 3.65. The molecule has 0 heterocycles. The second kappa shape index (κ2) is 7.42. The van der Waals surface area contributed by atoms with Crippen LogP contribution in [0.1, 0.15) is 62.0 Å². The van der Waals surface area contributed by atoms with E-state index in [0.717, 1.165) is 19.1 Å². The summed E-state index contributed by atoms with van der Waals surface area (Å²) in [5.74, 6) is 0.767. The maximum absolute atomic E-state index is 5.97. The van der Waals surface area contributed by atoms with Gasteiger partial charge in [0.05, 0.1) is 12.7 Å². The molecule has 2 fully saturated rings. The van der Waals surface area contributed by atoms with Gasteiger partial charge < -0.3 is 10.1 Å². The van der Waals surface area contributed by atoms with Crippen LogP contribution in [0.15, 0.2) is 24.3 Å². The standard InChI is InChI=1S/C19H29NO/c1-15-7-5-6-10-19(15)16-13-17(14-16)20-11-12-21-18-8-3-2-4-9-18/h5-7,10,16-18,20H,2-4,8-9,11-14H2,1H3. The van der Waals surface area contributed by atoms with Crippen LogP contribution in [0.3, 0.4) is 0 Å². The first-order chi connectivity index (χ1) is 10.3. The molecule has 0 saturated heterocycles. The normalized spacial score (nSPS) is 26.5. The summed E-state index contributed by atoms with van der Waals surface area (Å²) in [5.41, 5.74) is 3.00. The number of aryl methyl sites for hydroxylation is 1. The minimum absolute atomic E-state index is 0.543. The van der Waals surface area contributed by atoms with Crippen LogP contribution >= 0.6 is 0 Å². The van der Waals surface area contributed by atoms with E-state index in [1.165, 1.54) is 50.5 Å². The summed E-state index contributed by atoms with van der Waals surface area (Å²) >= 11 is 0. The fourth-order valence-electron chi connectivity index (χ4n) is 3.80. The molecule has 3 rings (SSSR count). The van der Waals surface area contributed by atoms with Crippen LogP contribution in [0.2, 0.25) is 0 Å². The van der Waals surface area contributed by atoms with Gasteiger partial charge in [0, 0.05) is 12.6 Å². The first-order valence-corrected chi connectivity index (χ1v) is 8.73. The van der Waals surface area contributed by atoms with Gasteiger partial charge in [0.15, 0.2) is 0 Å². The van der Waals surface area contributed by atoms with E-state index in [2.05, 4.69) is 36.5 Å². The van der Waals surface area contributed by atoms with Crippen molar-refractivity contribution in [2.75, 3.05) is 13.2 Å².